The number of unbranched alkanes of at least 4 members (excludes halogenated alkanes) is 1. The fourth-order valence-electron chi connectivity index (χ4n) is 2.68. The molecule has 2 amide bonds. The monoisotopic (exact) mass is 270 g/mol. The Morgan fingerprint density at radius 1 is 1.26 bits per heavy atom. The standard InChI is InChI=1S/C14H26N2O3/c1-3-4-10-16(2)13(19)15-14(11-12(17)18)8-6-5-7-9-14/h3-11H2,1-2H3,(H,15,19)(H,17,18). The summed E-state index contributed by atoms with van der Waals surface area (Å²) < 4.78 is 0. The van der Waals surface area contributed by atoms with Crippen LogP contribution in [0, 0.1) is 0 Å². The highest BCUT2D eigenvalue weighted by molar-refractivity contribution is 5.76. The van der Waals surface area contributed by atoms with E-state index in [0.29, 0.717) is 6.54 Å². The summed E-state index contributed by atoms with van der Waals surface area (Å²) in [6.07, 6.45) is 6.69. The SMILES string of the molecule is CCCCN(C)C(=O)NC1(CC(=O)O)CCCCC1. The van der Waals surface area contributed by atoms with Gasteiger partial charge in [0.15, 0.2) is 0 Å². The van der Waals surface area contributed by atoms with Gasteiger partial charge in [0.25, 0.3) is 0 Å². The summed E-state index contributed by atoms with van der Waals surface area (Å²) in [5, 5.41) is 12.0. The van der Waals surface area contributed by atoms with Crippen LogP contribution in [-0.2, 0) is 4.79 Å². The smallest absolute Gasteiger partial charge is 0.317 e. The molecule has 0 heterocycles. The largest absolute Gasteiger partial charge is 0.481 e. The number of nitrogens with zero attached hydrogens (tertiary/aromatic N) is 1. The molecule has 0 aromatic rings. The molecule has 5 heteroatoms. The topological polar surface area (TPSA) is 69.6 Å². The van der Waals surface area contributed by atoms with Crippen LogP contribution in [0.25, 0.3) is 0 Å². The van der Waals surface area contributed by atoms with Gasteiger partial charge in [-0.3, -0.25) is 4.79 Å². The molecular weight excluding hydrogens is 244 g/mol. The molecule has 0 bridgehead atoms. The molecule has 0 aromatic carbocycles. The average molecular weight is 270 g/mol. The van der Waals surface area contributed by atoms with Crippen molar-refractivity contribution in [3.63, 3.8) is 0 Å². The number of urea groups is 1. The quantitative estimate of drug-likeness (QED) is 0.779. The predicted octanol–water partition coefficient (Wildman–Crippen LogP) is 2.61. The Kier molecular flexibility index (Phi) is 6.12. The van der Waals surface area contributed by atoms with Gasteiger partial charge in [-0.05, 0) is 19.3 Å². The molecule has 2 N–H and O–H groups in total. The first-order chi connectivity index (χ1) is 8.99. The molecule has 1 aliphatic rings. The van der Waals surface area contributed by atoms with Crippen LogP contribution in [0.4, 0.5) is 4.79 Å². The lowest BCUT2D eigenvalue weighted by Crippen LogP contribution is -2.54. The van der Waals surface area contributed by atoms with Gasteiger partial charge in [0, 0.05) is 13.6 Å². The first kappa shape index (κ1) is 15.8. The Balaban J connectivity index is 2.61. The Morgan fingerprint density at radius 3 is 2.42 bits per heavy atom. The molecule has 0 atom stereocenters. The summed E-state index contributed by atoms with van der Waals surface area (Å²) in [7, 11) is 1.77. The van der Waals surface area contributed by atoms with Crippen LogP contribution in [-0.4, -0.2) is 41.1 Å². The Morgan fingerprint density at radius 2 is 1.89 bits per heavy atom. The molecule has 0 aromatic heterocycles. The number of nitrogens with one attached hydrogen (secondary N) is 1. The van der Waals surface area contributed by atoms with Crippen LogP contribution >= 0.6 is 0 Å². The van der Waals surface area contributed by atoms with Crippen molar-refractivity contribution < 1.29 is 14.7 Å². The fraction of sp³-hybridized carbons (Fsp3) is 0.857. The highest BCUT2D eigenvalue weighted by Crippen LogP contribution is 2.31. The third-order valence-corrected chi connectivity index (χ3v) is 3.87. The lowest BCUT2D eigenvalue weighted by Gasteiger charge is -2.38. The molecule has 0 spiro atoms. The molecule has 5 nitrogen and oxygen atoms in total. The maximum absolute atomic E-state index is 12.1. The van der Waals surface area contributed by atoms with Gasteiger partial charge in [0.05, 0.1) is 12.0 Å². The minimum Gasteiger partial charge on any atom is -0.481 e. The number of hydrogen-bond donors (Lipinski definition) is 2. The Labute approximate surface area is 115 Å². The second-order valence-corrected chi connectivity index (χ2v) is 5.62. The van der Waals surface area contributed by atoms with E-state index in [1.807, 2.05) is 0 Å². The first-order valence-electron chi connectivity index (χ1n) is 7.24. The second kappa shape index (κ2) is 7.36. The summed E-state index contributed by atoms with van der Waals surface area (Å²) >= 11 is 0. The molecular formula is C14H26N2O3. The van der Waals surface area contributed by atoms with E-state index in [1.165, 1.54) is 0 Å². The minimum atomic E-state index is -0.835. The van der Waals surface area contributed by atoms with Gasteiger partial charge in [-0.25, -0.2) is 4.79 Å². The van der Waals surface area contributed by atoms with E-state index in [0.717, 1.165) is 44.9 Å². The summed E-state index contributed by atoms with van der Waals surface area (Å²) in [6, 6.07) is -0.142. The molecule has 110 valence electrons. The van der Waals surface area contributed by atoms with E-state index < -0.39 is 11.5 Å². The van der Waals surface area contributed by atoms with Crippen molar-refractivity contribution in [1.29, 1.82) is 0 Å². The number of carbonyl (C=O) groups is 2. The van der Waals surface area contributed by atoms with Crippen molar-refractivity contribution in [3.05, 3.63) is 0 Å². The normalized spacial score (nSPS) is 17.8. The molecule has 0 radical (unpaired) electrons. The zero-order valence-corrected chi connectivity index (χ0v) is 12.1. The van der Waals surface area contributed by atoms with Gasteiger partial charge in [0.1, 0.15) is 0 Å². The highest BCUT2D eigenvalue weighted by Gasteiger charge is 2.36. The summed E-state index contributed by atoms with van der Waals surface area (Å²) in [4.78, 5) is 24.8. The third kappa shape index (κ3) is 5.09. The van der Waals surface area contributed by atoms with Crippen LogP contribution in [0.1, 0.15) is 58.3 Å². The second-order valence-electron chi connectivity index (χ2n) is 5.62. The Hall–Kier alpha value is -1.26. The number of aliphatic carboxylic acids is 1. The van der Waals surface area contributed by atoms with Crippen molar-refractivity contribution in [2.75, 3.05) is 13.6 Å². The third-order valence-electron chi connectivity index (χ3n) is 3.87. The van der Waals surface area contributed by atoms with Crippen molar-refractivity contribution in [2.24, 2.45) is 0 Å². The summed E-state index contributed by atoms with van der Waals surface area (Å²) in [6.45, 7) is 2.80. The molecule has 0 unspecified atom stereocenters. The molecule has 1 saturated carbocycles. The van der Waals surface area contributed by atoms with Gasteiger partial charge >= 0.3 is 12.0 Å². The van der Waals surface area contributed by atoms with Crippen LogP contribution in [0.2, 0.25) is 0 Å². The highest BCUT2D eigenvalue weighted by atomic mass is 16.4. The lowest BCUT2D eigenvalue weighted by molar-refractivity contribution is -0.139. The lowest BCUT2D eigenvalue weighted by atomic mass is 9.79. The van der Waals surface area contributed by atoms with Crippen LogP contribution in [0.15, 0.2) is 0 Å². The van der Waals surface area contributed by atoms with E-state index in [4.69, 9.17) is 5.11 Å². The average Bonchev–Trinajstić information content (AvgIpc) is 2.35. The zero-order valence-electron chi connectivity index (χ0n) is 12.1. The summed E-state index contributed by atoms with van der Waals surface area (Å²) in [5.74, 6) is -0.835. The molecule has 19 heavy (non-hydrogen) atoms. The number of amides is 2. The maximum atomic E-state index is 12.1. The predicted molar refractivity (Wildman–Crippen MR) is 74.1 cm³/mol. The van der Waals surface area contributed by atoms with Gasteiger partial charge in [-0.15, -0.1) is 0 Å². The minimum absolute atomic E-state index is 0.0281. The van der Waals surface area contributed by atoms with Gasteiger partial charge in [-0.2, -0.15) is 0 Å². The van der Waals surface area contributed by atoms with Crippen LogP contribution < -0.4 is 5.32 Å². The van der Waals surface area contributed by atoms with E-state index in [2.05, 4.69) is 12.2 Å². The van der Waals surface area contributed by atoms with Crippen molar-refractivity contribution in [3.8, 4) is 0 Å². The van der Waals surface area contributed by atoms with Crippen molar-refractivity contribution in [2.45, 2.75) is 63.8 Å². The number of carboxylic acid groups (broad SMARTS) is 1. The van der Waals surface area contributed by atoms with Gasteiger partial charge < -0.3 is 15.3 Å². The number of carbonyl (C=O) groups excluding carboxylic acids is 1. The van der Waals surface area contributed by atoms with Crippen molar-refractivity contribution in [1.82, 2.24) is 10.2 Å². The molecule has 1 aliphatic carbocycles. The molecule has 1 fully saturated rings. The number of carboxylic acids is 1. The fourth-order valence-corrected chi connectivity index (χ4v) is 2.68. The molecule has 0 saturated heterocycles. The van der Waals surface area contributed by atoms with E-state index in [1.54, 1.807) is 11.9 Å². The van der Waals surface area contributed by atoms with Crippen LogP contribution in [0.5, 0.6) is 0 Å². The van der Waals surface area contributed by atoms with E-state index in [9.17, 15) is 9.59 Å². The zero-order chi connectivity index (χ0) is 14.3. The Bertz CT molecular complexity index is 312. The maximum Gasteiger partial charge on any atom is 0.317 e. The van der Waals surface area contributed by atoms with Crippen molar-refractivity contribution >= 4 is 12.0 Å². The van der Waals surface area contributed by atoms with Gasteiger partial charge in [-0.1, -0.05) is 32.6 Å². The molecule has 1 rings (SSSR count). The van der Waals surface area contributed by atoms with Gasteiger partial charge in [0.2, 0.25) is 0 Å². The summed E-state index contributed by atoms with van der Waals surface area (Å²) in [5.41, 5.74) is -0.540. The number of hydrogen-bond acceptors (Lipinski definition) is 2. The first-order valence-corrected chi connectivity index (χ1v) is 7.24. The number of rotatable bonds is 6. The molecule has 0 aliphatic heterocycles. The van der Waals surface area contributed by atoms with Crippen LogP contribution in [0.3, 0.4) is 0 Å². The van der Waals surface area contributed by atoms with E-state index >= 15 is 0 Å². The van der Waals surface area contributed by atoms with E-state index in [-0.39, 0.29) is 12.5 Å².